The summed E-state index contributed by atoms with van der Waals surface area (Å²) in [5, 5.41) is 5.97. The largest absolute Gasteiger partial charge is 0.494 e. The lowest BCUT2D eigenvalue weighted by molar-refractivity contribution is -0.122. The van der Waals surface area contributed by atoms with Gasteiger partial charge in [-0.3, -0.25) is 4.79 Å². The second kappa shape index (κ2) is 7.71. The second-order valence-corrected chi connectivity index (χ2v) is 4.08. The summed E-state index contributed by atoms with van der Waals surface area (Å²) in [5.74, 6) is 0.890. The van der Waals surface area contributed by atoms with E-state index < -0.39 is 0 Å². The number of hydrogen-bond acceptors (Lipinski definition) is 3. The second-order valence-electron chi connectivity index (χ2n) is 4.08. The molecule has 0 spiro atoms. The topological polar surface area (TPSA) is 50.4 Å². The number of carbonyl (C=O) groups excluding carboxylic acids is 1. The Bertz CT molecular complexity index is 380. The number of nitrogens with one attached hydrogen (secondary N) is 2. The number of ether oxygens (including phenoxy) is 1. The smallest absolute Gasteiger partial charge is 0.236 e. The number of hydrogen-bond donors (Lipinski definition) is 2. The third-order valence-corrected chi connectivity index (χ3v) is 2.57. The third kappa shape index (κ3) is 4.75. The summed E-state index contributed by atoms with van der Waals surface area (Å²) >= 11 is 0. The minimum absolute atomic E-state index is 0.0264. The molecular formula is C14H22N2O2. The van der Waals surface area contributed by atoms with Crippen LogP contribution in [0.2, 0.25) is 0 Å². The highest BCUT2D eigenvalue weighted by Crippen LogP contribution is 2.13. The van der Waals surface area contributed by atoms with Gasteiger partial charge in [0.15, 0.2) is 0 Å². The zero-order valence-corrected chi connectivity index (χ0v) is 11.3. The molecule has 0 saturated heterocycles. The van der Waals surface area contributed by atoms with Crippen molar-refractivity contribution in [2.75, 3.05) is 13.2 Å². The van der Waals surface area contributed by atoms with Crippen LogP contribution >= 0.6 is 0 Å². The van der Waals surface area contributed by atoms with Crippen LogP contribution < -0.4 is 15.4 Å². The molecular weight excluding hydrogens is 228 g/mol. The maximum absolute atomic E-state index is 11.5. The summed E-state index contributed by atoms with van der Waals surface area (Å²) in [5.41, 5.74) is 1.11. The van der Waals surface area contributed by atoms with E-state index in [0.29, 0.717) is 19.7 Å². The number of rotatable bonds is 7. The fourth-order valence-electron chi connectivity index (χ4n) is 1.60. The normalized spacial score (nSPS) is 11.9. The highest BCUT2D eigenvalue weighted by molar-refractivity contribution is 5.81. The van der Waals surface area contributed by atoms with Crippen molar-refractivity contribution >= 4 is 5.91 Å². The fraction of sp³-hybridized carbons (Fsp3) is 0.500. The van der Waals surface area contributed by atoms with Gasteiger partial charge in [0.2, 0.25) is 5.91 Å². The first kappa shape index (κ1) is 14.5. The first-order chi connectivity index (χ1) is 8.67. The van der Waals surface area contributed by atoms with Gasteiger partial charge in [-0.1, -0.05) is 12.1 Å². The highest BCUT2D eigenvalue weighted by Gasteiger charge is 2.10. The Balaban J connectivity index is 2.47. The Morgan fingerprint density at radius 1 is 1.39 bits per heavy atom. The summed E-state index contributed by atoms with van der Waals surface area (Å²) < 4.78 is 5.43. The molecule has 1 unspecified atom stereocenters. The van der Waals surface area contributed by atoms with Crippen LogP contribution in [-0.4, -0.2) is 25.1 Å². The summed E-state index contributed by atoms with van der Waals surface area (Å²) in [7, 11) is 0. The molecule has 0 bridgehead atoms. The molecule has 100 valence electrons. The van der Waals surface area contributed by atoms with E-state index in [4.69, 9.17) is 4.74 Å². The van der Waals surface area contributed by atoms with E-state index >= 15 is 0 Å². The zero-order chi connectivity index (χ0) is 13.4. The van der Waals surface area contributed by atoms with E-state index in [2.05, 4.69) is 10.6 Å². The van der Waals surface area contributed by atoms with Gasteiger partial charge in [-0.05, 0) is 38.5 Å². The molecule has 1 aromatic carbocycles. The Hall–Kier alpha value is -1.55. The summed E-state index contributed by atoms with van der Waals surface area (Å²) in [6.07, 6.45) is 0. The molecule has 1 rings (SSSR count). The number of carbonyl (C=O) groups is 1. The molecule has 0 aliphatic rings. The average molecular weight is 250 g/mol. The average Bonchev–Trinajstić information content (AvgIpc) is 2.37. The quantitative estimate of drug-likeness (QED) is 0.774. The summed E-state index contributed by atoms with van der Waals surface area (Å²) in [6.45, 7) is 7.70. The van der Waals surface area contributed by atoms with Crippen molar-refractivity contribution in [3.05, 3.63) is 29.8 Å². The maximum Gasteiger partial charge on any atom is 0.236 e. The van der Waals surface area contributed by atoms with Crippen LogP contribution in [0.5, 0.6) is 5.75 Å². The Morgan fingerprint density at radius 3 is 2.83 bits per heavy atom. The van der Waals surface area contributed by atoms with Gasteiger partial charge >= 0.3 is 0 Å². The van der Waals surface area contributed by atoms with Gasteiger partial charge in [-0.2, -0.15) is 0 Å². The van der Waals surface area contributed by atoms with Crippen molar-refractivity contribution in [2.45, 2.75) is 33.4 Å². The van der Waals surface area contributed by atoms with E-state index in [0.717, 1.165) is 11.3 Å². The fourth-order valence-corrected chi connectivity index (χ4v) is 1.60. The molecule has 0 aromatic heterocycles. The van der Waals surface area contributed by atoms with Gasteiger partial charge in [-0.15, -0.1) is 0 Å². The van der Waals surface area contributed by atoms with Gasteiger partial charge in [0.1, 0.15) is 5.75 Å². The zero-order valence-electron chi connectivity index (χ0n) is 11.3. The monoisotopic (exact) mass is 250 g/mol. The van der Waals surface area contributed by atoms with Gasteiger partial charge in [0.25, 0.3) is 0 Å². The van der Waals surface area contributed by atoms with Gasteiger partial charge in [-0.25, -0.2) is 0 Å². The maximum atomic E-state index is 11.5. The molecule has 2 N–H and O–H groups in total. The molecule has 0 heterocycles. The van der Waals surface area contributed by atoms with Crippen molar-refractivity contribution in [3.63, 3.8) is 0 Å². The van der Waals surface area contributed by atoms with Gasteiger partial charge in [0.05, 0.1) is 12.6 Å². The van der Waals surface area contributed by atoms with E-state index in [-0.39, 0.29) is 11.9 Å². The lowest BCUT2D eigenvalue weighted by Crippen LogP contribution is -2.41. The molecule has 18 heavy (non-hydrogen) atoms. The molecule has 1 amide bonds. The molecule has 4 nitrogen and oxygen atoms in total. The van der Waals surface area contributed by atoms with Crippen LogP contribution in [-0.2, 0) is 11.3 Å². The molecule has 1 atom stereocenters. The first-order valence-electron chi connectivity index (χ1n) is 6.40. The third-order valence-electron chi connectivity index (χ3n) is 2.57. The van der Waals surface area contributed by atoms with E-state index in [1.807, 2.05) is 45.0 Å². The molecule has 4 heteroatoms. The standard InChI is InChI=1S/C14H22N2O2/c1-4-15-14(17)11(3)16-10-12-7-6-8-13(9-12)18-5-2/h6-9,11,16H,4-5,10H2,1-3H3,(H,15,17). The van der Waals surface area contributed by atoms with Gasteiger partial charge in [0, 0.05) is 13.1 Å². The van der Waals surface area contributed by atoms with Gasteiger partial charge < -0.3 is 15.4 Å². The molecule has 0 aliphatic heterocycles. The minimum Gasteiger partial charge on any atom is -0.494 e. The van der Waals surface area contributed by atoms with Crippen LogP contribution in [0.3, 0.4) is 0 Å². The Kier molecular flexibility index (Phi) is 6.22. The molecule has 0 fully saturated rings. The van der Waals surface area contributed by atoms with Crippen LogP contribution in [0.15, 0.2) is 24.3 Å². The van der Waals surface area contributed by atoms with Crippen molar-refractivity contribution in [1.29, 1.82) is 0 Å². The lowest BCUT2D eigenvalue weighted by atomic mass is 10.2. The number of amides is 1. The molecule has 1 aromatic rings. The first-order valence-corrected chi connectivity index (χ1v) is 6.40. The number of benzene rings is 1. The molecule has 0 aliphatic carbocycles. The van der Waals surface area contributed by atoms with Crippen molar-refractivity contribution in [3.8, 4) is 5.75 Å². The Labute approximate surface area is 109 Å². The Morgan fingerprint density at radius 2 is 2.17 bits per heavy atom. The van der Waals surface area contributed by atoms with Crippen molar-refractivity contribution in [2.24, 2.45) is 0 Å². The van der Waals surface area contributed by atoms with E-state index in [1.165, 1.54) is 0 Å². The van der Waals surface area contributed by atoms with Crippen molar-refractivity contribution < 1.29 is 9.53 Å². The minimum atomic E-state index is -0.194. The predicted octanol–water partition coefficient (Wildman–Crippen LogP) is 1.70. The van der Waals surface area contributed by atoms with Crippen molar-refractivity contribution in [1.82, 2.24) is 10.6 Å². The van der Waals surface area contributed by atoms with Crippen LogP contribution in [0.25, 0.3) is 0 Å². The molecule has 0 radical (unpaired) electrons. The predicted molar refractivity (Wildman–Crippen MR) is 72.6 cm³/mol. The van der Waals surface area contributed by atoms with Crippen LogP contribution in [0, 0.1) is 0 Å². The van der Waals surface area contributed by atoms with E-state index in [1.54, 1.807) is 0 Å². The highest BCUT2D eigenvalue weighted by atomic mass is 16.5. The number of likely N-dealkylation sites (N-methyl/N-ethyl adjacent to an activating group) is 1. The SMILES string of the molecule is CCNC(=O)C(C)NCc1cccc(OCC)c1. The van der Waals surface area contributed by atoms with E-state index in [9.17, 15) is 4.79 Å². The molecule has 0 saturated carbocycles. The lowest BCUT2D eigenvalue weighted by Gasteiger charge is -2.13. The van der Waals surface area contributed by atoms with Crippen LogP contribution in [0.4, 0.5) is 0 Å². The summed E-state index contributed by atoms with van der Waals surface area (Å²) in [6, 6.07) is 7.70. The van der Waals surface area contributed by atoms with Crippen LogP contribution in [0.1, 0.15) is 26.3 Å². The summed E-state index contributed by atoms with van der Waals surface area (Å²) in [4.78, 5) is 11.5.